The van der Waals surface area contributed by atoms with E-state index in [9.17, 15) is 5.26 Å². The normalized spacial score (nSPS) is 13.0. The molecule has 0 spiro atoms. The van der Waals surface area contributed by atoms with Gasteiger partial charge in [-0.25, -0.2) is 0 Å². The molecule has 0 radical (unpaired) electrons. The maximum atomic E-state index is 10.0. The van der Waals surface area contributed by atoms with E-state index in [4.69, 9.17) is 0 Å². The summed E-state index contributed by atoms with van der Waals surface area (Å²) in [5.41, 5.74) is 16.3. The monoisotopic (exact) mass is 747 g/mol. The van der Waals surface area contributed by atoms with Crippen LogP contribution in [0.4, 0.5) is 0 Å². The highest BCUT2D eigenvalue weighted by molar-refractivity contribution is 6.12. The van der Waals surface area contributed by atoms with Gasteiger partial charge in [-0.1, -0.05) is 126 Å². The van der Waals surface area contributed by atoms with E-state index in [-0.39, 0.29) is 21.7 Å². The van der Waals surface area contributed by atoms with Crippen molar-refractivity contribution < 1.29 is 0 Å². The average molecular weight is 748 g/mol. The predicted octanol–water partition coefficient (Wildman–Crippen LogP) is 14.9. The standard InChI is InChI=1S/C54H57N3/c1-33-45(56-46-22-17-36(51(2,3)4)28-41(46)42-29-37(52(5,6)7)18-23-47(42)56)26-21-40(35-16-14-15-34(27-35)32-55)50(33)57-48-24-19-38(53(8,9)10)30-43(48)44-31-39(54(11,12)13)20-25-49(44)57/h14-31H,1-13H3. The summed E-state index contributed by atoms with van der Waals surface area (Å²) in [7, 11) is 0. The van der Waals surface area contributed by atoms with Crippen LogP contribution in [-0.4, -0.2) is 9.13 Å². The zero-order chi connectivity index (χ0) is 41.0. The molecule has 0 aliphatic carbocycles. The van der Waals surface area contributed by atoms with Gasteiger partial charge >= 0.3 is 0 Å². The summed E-state index contributed by atoms with van der Waals surface area (Å²) in [6.45, 7) is 29.8. The van der Waals surface area contributed by atoms with Crippen LogP contribution in [0.2, 0.25) is 0 Å². The molecule has 6 aromatic carbocycles. The highest BCUT2D eigenvalue weighted by Crippen LogP contribution is 2.44. The largest absolute Gasteiger partial charge is 0.309 e. The summed E-state index contributed by atoms with van der Waals surface area (Å²) in [4.78, 5) is 0. The Bertz CT molecular complexity index is 2800. The summed E-state index contributed by atoms with van der Waals surface area (Å²) >= 11 is 0. The van der Waals surface area contributed by atoms with Crippen molar-refractivity contribution in [3.05, 3.63) is 143 Å². The van der Waals surface area contributed by atoms with Crippen LogP contribution >= 0.6 is 0 Å². The van der Waals surface area contributed by atoms with Crippen LogP contribution in [0, 0.1) is 18.3 Å². The van der Waals surface area contributed by atoms with Gasteiger partial charge < -0.3 is 9.13 Å². The van der Waals surface area contributed by atoms with E-state index in [2.05, 4.69) is 196 Å². The van der Waals surface area contributed by atoms with Crippen LogP contribution in [0.3, 0.4) is 0 Å². The summed E-state index contributed by atoms with van der Waals surface area (Å²) in [6.07, 6.45) is 0. The second kappa shape index (κ2) is 13.0. The molecule has 0 bridgehead atoms. The lowest BCUT2D eigenvalue weighted by Gasteiger charge is -2.23. The topological polar surface area (TPSA) is 33.6 Å². The molecule has 0 aliphatic rings. The Morgan fingerprint density at radius 1 is 0.439 bits per heavy atom. The van der Waals surface area contributed by atoms with Crippen LogP contribution in [0.15, 0.2) is 109 Å². The van der Waals surface area contributed by atoms with E-state index in [0.29, 0.717) is 5.56 Å². The van der Waals surface area contributed by atoms with Gasteiger partial charge in [0, 0.05) is 27.1 Å². The SMILES string of the molecule is Cc1c(-n2c3ccc(C(C)(C)C)cc3c3cc(C(C)(C)C)ccc32)ccc(-c2cccc(C#N)c2)c1-n1c2ccc(C(C)(C)C)cc2c2cc(C(C)(C)C)ccc21. The van der Waals surface area contributed by atoms with E-state index in [1.807, 2.05) is 18.2 Å². The highest BCUT2D eigenvalue weighted by atomic mass is 15.0. The van der Waals surface area contributed by atoms with Crippen molar-refractivity contribution in [2.45, 2.75) is 112 Å². The van der Waals surface area contributed by atoms with Gasteiger partial charge in [0.2, 0.25) is 0 Å². The second-order valence-electron chi connectivity index (χ2n) is 20.4. The van der Waals surface area contributed by atoms with E-state index in [1.54, 1.807) is 0 Å². The van der Waals surface area contributed by atoms with E-state index in [1.165, 1.54) is 71.4 Å². The predicted molar refractivity (Wildman–Crippen MR) is 245 cm³/mol. The van der Waals surface area contributed by atoms with Gasteiger partial charge in [0.25, 0.3) is 0 Å². The van der Waals surface area contributed by atoms with Crippen LogP contribution in [0.1, 0.15) is 116 Å². The highest BCUT2D eigenvalue weighted by Gasteiger charge is 2.26. The van der Waals surface area contributed by atoms with Crippen molar-refractivity contribution in [1.29, 1.82) is 5.26 Å². The quantitative estimate of drug-likeness (QED) is 0.177. The fourth-order valence-electron chi connectivity index (χ4n) is 8.62. The number of nitrogens with zero attached hydrogens (tertiary/aromatic N) is 3. The van der Waals surface area contributed by atoms with Crippen LogP contribution < -0.4 is 0 Å². The number of rotatable bonds is 3. The van der Waals surface area contributed by atoms with Crippen molar-refractivity contribution >= 4 is 43.6 Å². The first-order chi connectivity index (χ1) is 26.7. The Labute approximate surface area is 339 Å². The van der Waals surface area contributed by atoms with Crippen LogP contribution in [-0.2, 0) is 21.7 Å². The molecule has 0 atom stereocenters. The summed E-state index contributed by atoms with van der Waals surface area (Å²) in [5.74, 6) is 0. The molecule has 0 fully saturated rings. The van der Waals surface area contributed by atoms with E-state index < -0.39 is 0 Å². The molecule has 2 aromatic heterocycles. The third-order valence-corrected chi connectivity index (χ3v) is 12.2. The molecule has 0 unspecified atom stereocenters. The molecule has 8 rings (SSSR count). The Hall–Kier alpha value is -5.59. The van der Waals surface area contributed by atoms with Gasteiger partial charge in [-0.2, -0.15) is 5.26 Å². The Balaban J connectivity index is 1.53. The second-order valence-corrected chi connectivity index (χ2v) is 20.4. The van der Waals surface area contributed by atoms with Crippen molar-refractivity contribution in [3.63, 3.8) is 0 Å². The minimum absolute atomic E-state index is 0.000770. The lowest BCUT2D eigenvalue weighted by atomic mass is 9.85. The third kappa shape index (κ3) is 6.44. The maximum absolute atomic E-state index is 10.0. The van der Waals surface area contributed by atoms with Crippen LogP contribution in [0.25, 0.3) is 66.1 Å². The number of hydrogen-bond acceptors (Lipinski definition) is 1. The average Bonchev–Trinajstić information content (AvgIpc) is 3.64. The molecular formula is C54H57N3. The summed E-state index contributed by atoms with van der Waals surface area (Å²) in [5, 5.41) is 15.1. The number of benzene rings is 6. The van der Waals surface area contributed by atoms with Gasteiger partial charge in [-0.3, -0.25) is 0 Å². The van der Waals surface area contributed by atoms with E-state index >= 15 is 0 Å². The molecule has 0 saturated heterocycles. The van der Waals surface area contributed by atoms with Crippen LogP contribution in [0.5, 0.6) is 0 Å². The van der Waals surface area contributed by atoms with Crippen molar-refractivity contribution in [2.24, 2.45) is 0 Å². The summed E-state index contributed by atoms with van der Waals surface area (Å²) < 4.78 is 4.99. The molecule has 0 amide bonds. The first-order valence-corrected chi connectivity index (χ1v) is 20.5. The lowest BCUT2D eigenvalue weighted by molar-refractivity contribution is 0.590. The number of fused-ring (bicyclic) bond motifs is 6. The Morgan fingerprint density at radius 2 is 0.825 bits per heavy atom. The minimum atomic E-state index is -0.000770. The fourth-order valence-corrected chi connectivity index (χ4v) is 8.62. The maximum Gasteiger partial charge on any atom is 0.0991 e. The zero-order valence-corrected chi connectivity index (χ0v) is 36.2. The Morgan fingerprint density at radius 3 is 1.19 bits per heavy atom. The molecule has 8 aromatic rings. The minimum Gasteiger partial charge on any atom is -0.309 e. The first kappa shape index (κ1) is 38.3. The fraction of sp³-hybridized carbons (Fsp3) is 0.315. The lowest BCUT2D eigenvalue weighted by Crippen LogP contribution is -2.11. The first-order valence-electron chi connectivity index (χ1n) is 20.5. The zero-order valence-electron chi connectivity index (χ0n) is 36.2. The third-order valence-electron chi connectivity index (χ3n) is 12.2. The smallest absolute Gasteiger partial charge is 0.0991 e. The summed E-state index contributed by atoms with van der Waals surface area (Å²) in [6, 6.07) is 43.3. The van der Waals surface area contributed by atoms with Gasteiger partial charge in [0.1, 0.15) is 0 Å². The van der Waals surface area contributed by atoms with Gasteiger partial charge in [0.05, 0.1) is 45.1 Å². The molecule has 0 N–H and O–H groups in total. The Kier molecular flexibility index (Phi) is 8.71. The van der Waals surface area contributed by atoms with E-state index in [0.717, 1.165) is 22.5 Å². The molecule has 3 heteroatoms. The molecule has 0 aliphatic heterocycles. The van der Waals surface area contributed by atoms with Gasteiger partial charge in [-0.05, 0) is 129 Å². The van der Waals surface area contributed by atoms with Gasteiger partial charge in [0.15, 0.2) is 0 Å². The van der Waals surface area contributed by atoms with Crippen molar-refractivity contribution in [1.82, 2.24) is 9.13 Å². The van der Waals surface area contributed by atoms with Crippen molar-refractivity contribution in [3.8, 4) is 28.6 Å². The number of hydrogen-bond donors (Lipinski definition) is 0. The number of aromatic nitrogens is 2. The molecule has 2 heterocycles. The van der Waals surface area contributed by atoms with Gasteiger partial charge in [-0.15, -0.1) is 0 Å². The molecule has 0 saturated carbocycles. The molecule has 3 nitrogen and oxygen atoms in total. The molecule has 57 heavy (non-hydrogen) atoms. The van der Waals surface area contributed by atoms with Crippen molar-refractivity contribution in [2.75, 3.05) is 0 Å². The number of nitriles is 1. The molecule has 288 valence electrons. The molecular weight excluding hydrogens is 691 g/mol.